The van der Waals surface area contributed by atoms with Crippen LogP contribution in [-0.2, 0) is 4.79 Å². The van der Waals surface area contributed by atoms with Crippen molar-refractivity contribution in [3.8, 4) is 0 Å². The number of piperazine rings is 1. The lowest BCUT2D eigenvalue weighted by Crippen LogP contribution is -2.49. The van der Waals surface area contributed by atoms with E-state index >= 15 is 0 Å². The summed E-state index contributed by atoms with van der Waals surface area (Å²) in [4.78, 5) is 18.0. The Morgan fingerprint density at radius 1 is 0.962 bits per heavy atom. The fraction of sp³-hybridized carbons (Fsp3) is 0.350. The van der Waals surface area contributed by atoms with Crippen LogP contribution in [-0.4, -0.2) is 60.7 Å². The van der Waals surface area contributed by atoms with Crippen molar-refractivity contribution >= 4 is 23.4 Å². The summed E-state index contributed by atoms with van der Waals surface area (Å²) in [5.74, 6) is 0.726. The van der Waals surface area contributed by atoms with Crippen LogP contribution in [0.5, 0.6) is 0 Å². The second-order valence-corrected chi connectivity index (χ2v) is 7.50. The molecule has 1 fully saturated rings. The molecule has 0 aromatic heterocycles. The number of nitrogens with one attached hydrogen (secondary N) is 1. The Morgan fingerprint density at radius 2 is 1.62 bits per heavy atom. The van der Waals surface area contributed by atoms with E-state index in [1.54, 1.807) is 12.1 Å². The summed E-state index contributed by atoms with van der Waals surface area (Å²) in [5.41, 5.74) is 0.632. The second-order valence-electron chi connectivity index (χ2n) is 6.33. The zero-order valence-electron chi connectivity index (χ0n) is 14.7. The first-order chi connectivity index (χ1) is 12.7. The molecule has 0 saturated carbocycles. The van der Waals surface area contributed by atoms with E-state index in [-0.39, 0.29) is 11.7 Å². The average Bonchev–Trinajstić information content (AvgIpc) is 2.66. The number of carbonyl (C=O) groups excluding carboxylic acids is 1. The normalized spacial score (nSPS) is 15.7. The standard InChI is InChI=1S/C20H24FN3OS/c21-17-6-8-18(9-7-17)22-20(25)16-24-12-10-23(11-13-24)14-15-26-19-4-2-1-3-5-19/h1-9H,10-16H2,(H,22,25). The van der Waals surface area contributed by atoms with Gasteiger partial charge in [0.05, 0.1) is 6.54 Å². The quantitative estimate of drug-likeness (QED) is 0.756. The average molecular weight is 373 g/mol. The van der Waals surface area contributed by atoms with Gasteiger partial charge in [0, 0.05) is 49.1 Å². The zero-order chi connectivity index (χ0) is 18.2. The van der Waals surface area contributed by atoms with Gasteiger partial charge >= 0.3 is 0 Å². The zero-order valence-corrected chi connectivity index (χ0v) is 15.6. The van der Waals surface area contributed by atoms with E-state index < -0.39 is 0 Å². The Bertz CT molecular complexity index is 688. The Balaban J connectivity index is 1.33. The van der Waals surface area contributed by atoms with E-state index in [1.807, 2.05) is 17.8 Å². The number of nitrogens with zero attached hydrogens (tertiary/aromatic N) is 2. The molecule has 0 unspecified atom stereocenters. The Hall–Kier alpha value is -1.89. The largest absolute Gasteiger partial charge is 0.325 e. The monoisotopic (exact) mass is 373 g/mol. The number of amides is 1. The Kier molecular flexibility index (Phi) is 7.05. The van der Waals surface area contributed by atoms with Gasteiger partial charge in [-0.3, -0.25) is 14.6 Å². The number of rotatable bonds is 7. The highest BCUT2D eigenvalue weighted by molar-refractivity contribution is 7.99. The van der Waals surface area contributed by atoms with Gasteiger partial charge in [0.25, 0.3) is 0 Å². The van der Waals surface area contributed by atoms with Crippen molar-refractivity contribution in [1.29, 1.82) is 0 Å². The summed E-state index contributed by atoms with van der Waals surface area (Å²) in [7, 11) is 0. The highest BCUT2D eigenvalue weighted by Crippen LogP contribution is 2.17. The summed E-state index contributed by atoms with van der Waals surface area (Å²) in [6, 6.07) is 16.3. The predicted molar refractivity (Wildman–Crippen MR) is 105 cm³/mol. The van der Waals surface area contributed by atoms with Crippen LogP contribution in [0.3, 0.4) is 0 Å². The molecule has 0 spiro atoms. The molecule has 0 bridgehead atoms. The van der Waals surface area contributed by atoms with Crippen molar-refractivity contribution < 1.29 is 9.18 Å². The van der Waals surface area contributed by atoms with Crippen molar-refractivity contribution in [2.75, 3.05) is 50.3 Å². The van der Waals surface area contributed by atoms with E-state index in [1.165, 1.54) is 17.0 Å². The van der Waals surface area contributed by atoms with E-state index in [9.17, 15) is 9.18 Å². The molecular formula is C20H24FN3OS. The molecule has 1 saturated heterocycles. The van der Waals surface area contributed by atoms with Crippen molar-refractivity contribution in [3.63, 3.8) is 0 Å². The Labute approximate surface area is 158 Å². The summed E-state index contributed by atoms with van der Waals surface area (Å²) in [6.45, 7) is 5.21. The molecule has 26 heavy (non-hydrogen) atoms. The predicted octanol–water partition coefficient (Wildman–Crippen LogP) is 3.17. The molecule has 3 rings (SSSR count). The van der Waals surface area contributed by atoms with Gasteiger partial charge in [0.1, 0.15) is 5.82 Å². The number of halogens is 1. The number of thioether (sulfide) groups is 1. The van der Waals surface area contributed by atoms with Gasteiger partial charge in [-0.2, -0.15) is 0 Å². The van der Waals surface area contributed by atoms with Gasteiger partial charge in [-0.15, -0.1) is 11.8 Å². The van der Waals surface area contributed by atoms with Crippen LogP contribution >= 0.6 is 11.8 Å². The number of carbonyl (C=O) groups is 1. The molecule has 0 radical (unpaired) electrons. The third-order valence-electron chi connectivity index (χ3n) is 4.38. The molecule has 1 aliphatic heterocycles. The number of anilines is 1. The first kappa shape index (κ1) is 18.9. The summed E-state index contributed by atoms with van der Waals surface area (Å²) < 4.78 is 12.9. The Morgan fingerprint density at radius 3 is 2.31 bits per heavy atom. The van der Waals surface area contributed by atoms with Crippen LogP contribution in [0.1, 0.15) is 0 Å². The minimum Gasteiger partial charge on any atom is -0.325 e. The number of hydrogen-bond donors (Lipinski definition) is 1. The molecule has 1 aliphatic rings. The first-order valence-corrected chi connectivity index (χ1v) is 9.85. The van der Waals surface area contributed by atoms with Gasteiger partial charge in [-0.1, -0.05) is 18.2 Å². The van der Waals surface area contributed by atoms with Gasteiger partial charge < -0.3 is 5.32 Å². The lowest BCUT2D eigenvalue weighted by atomic mass is 10.3. The van der Waals surface area contributed by atoms with Gasteiger partial charge in [0.2, 0.25) is 5.91 Å². The van der Waals surface area contributed by atoms with Crippen molar-refractivity contribution in [3.05, 3.63) is 60.4 Å². The minimum atomic E-state index is -0.301. The molecule has 2 aromatic carbocycles. The smallest absolute Gasteiger partial charge is 0.238 e. The van der Waals surface area contributed by atoms with Crippen LogP contribution < -0.4 is 5.32 Å². The third kappa shape index (κ3) is 6.12. The molecule has 1 heterocycles. The summed E-state index contributed by atoms with van der Waals surface area (Å²) >= 11 is 1.88. The molecule has 0 atom stereocenters. The summed E-state index contributed by atoms with van der Waals surface area (Å²) in [6.07, 6.45) is 0. The molecule has 6 heteroatoms. The van der Waals surface area contributed by atoms with E-state index in [4.69, 9.17) is 0 Å². The van der Waals surface area contributed by atoms with Gasteiger partial charge in [-0.25, -0.2) is 4.39 Å². The van der Waals surface area contributed by atoms with Gasteiger partial charge in [-0.05, 0) is 36.4 Å². The van der Waals surface area contributed by atoms with Crippen molar-refractivity contribution in [2.24, 2.45) is 0 Å². The molecular weight excluding hydrogens is 349 g/mol. The van der Waals surface area contributed by atoms with E-state index in [0.29, 0.717) is 12.2 Å². The highest BCUT2D eigenvalue weighted by Gasteiger charge is 2.18. The SMILES string of the molecule is O=C(CN1CCN(CCSc2ccccc2)CC1)Nc1ccc(F)cc1. The maximum Gasteiger partial charge on any atom is 0.238 e. The van der Waals surface area contributed by atoms with Crippen LogP contribution in [0.2, 0.25) is 0 Å². The number of hydrogen-bond acceptors (Lipinski definition) is 4. The lowest BCUT2D eigenvalue weighted by molar-refractivity contribution is -0.117. The maximum atomic E-state index is 12.9. The topological polar surface area (TPSA) is 35.6 Å². The second kappa shape index (κ2) is 9.71. The summed E-state index contributed by atoms with van der Waals surface area (Å²) in [5, 5.41) is 2.82. The van der Waals surface area contributed by atoms with Crippen LogP contribution in [0.15, 0.2) is 59.5 Å². The van der Waals surface area contributed by atoms with Crippen molar-refractivity contribution in [1.82, 2.24) is 9.80 Å². The van der Waals surface area contributed by atoms with E-state index in [2.05, 4.69) is 39.4 Å². The van der Waals surface area contributed by atoms with Crippen LogP contribution in [0, 0.1) is 5.82 Å². The maximum absolute atomic E-state index is 12.9. The third-order valence-corrected chi connectivity index (χ3v) is 5.37. The highest BCUT2D eigenvalue weighted by atomic mass is 32.2. The lowest BCUT2D eigenvalue weighted by Gasteiger charge is -2.34. The van der Waals surface area contributed by atoms with E-state index in [0.717, 1.165) is 38.5 Å². The molecule has 0 aliphatic carbocycles. The van der Waals surface area contributed by atoms with Crippen LogP contribution in [0.25, 0.3) is 0 Å². The molecule has 138 valence electrons. The van der Waals surface area contributed by atoms with Crippen LogP contribution in [0.4, 0.5) is 10.1 Å². The molecule has 4 nitrogen and oxygen atoms in total. The number of benzene rings is 2. The minimum absolute atomic E-state index is 0.0512. The molecule has 1 N–H and O–H groups in total. The fourth-order valence-corrected chi connectivity index (χ4v) is 3.85. The molecule has 2 aromatic rings. The van der Waals surface area contributed by atoms with Gasteiger partial charge in [0.15, 0.2) is 0 Å². The molecule has 1 amide bonds. The fourth-order valence-electron chi connectivity index (χ4n) is 2.92. The van der Waals surface area contributed by atoms with Crippen molar-refractivity contribution in [2.45, 2.75) is 4.90 Å². The first-order valence-electron chi connectivity index (χ1n) is 8.87.